The summed E-state index contributed by atoms with van der Waals surface area (Å²) in [5, 5.41) is 0. The molecule has 2 aromatic rings. The second-order valence-corrected chi connectivity index (χ2v) is 6.37. The van der Waals surface area contributed by atoms with Crippen LogP contribution in [0, 0.1) is 0 Å². The number of rotatable bonds is 5. The van der Waals surface area contributed by atoms with Crippen molar-refractivity contribution in [1.29, 1.82) is 0 Å². The molecule has 0 aliphatic rings. The first-order valence-corrected chi connectivity index (χ1v) is 7.63. The van der Waals surface area contributed by atoms with E-state index in [0.29, 0.717) is 13.0 Å². The Hall–Kier alpha value is -1.11. The highest BCUT2D eigenvalue weighted by Gasteiger charge is 2.13. The van der Waals surface area contributed by atoms with E-state index < -0.39 is 10.0 Å². The van der Waals surface area contributed by atoms with Gasteiger partial charge in [0.15, 0.2) is 0 Å². The van der Waals surface area contributed by atoms with Gasteiger partial charge in [-0.05, 0) is 30.3 Å². The number of hydrogen-bond donors (Lipinski definition) is 1. The van der Waals surface area contributed by atoms with Gasteiger partial charge in [-0.1, -0.05) is 22.0 Å². The van der Waals surface area contributed by atoms with Gasteiger partial charge in [0, 0.05) is 17.4 Å². The van der Waals surface area contributed by atoms with Crippen LogP contribution in [-0.4, -0.2) is 15.0 Å². The lowest BCUT2D eigenvalue weighted by Gasteiger charge is -2.06. The number of furan rings is 1. The smallest absolute Gasteiger partial charge is 0.240 e. The van der Waals surface area contributed by atoms with Crippen LogP contribution in [0.15, 0.2) is 56.4 Å². The van der Waals surface area contributed by atoms with Crippen molar-refractivity contribution in [2.45, 2.75) is 11.3 Å². The van der Waals surface area contributed by atoms with Gasteiger partial charge in [0.05, 0.1) is 11.2 Å². The van der Waals surface area contributed by atoms with E-state index in [1.54, 1.807) is 36.6 Å². The van der Waals surface area contributed by atoms with E-state index in [0.717, 1.165) is 10.2 Å². The standard InChI is InChI=1S/C12H12BrNO3S/c13-10-3-1-5-12(9-10)18(15,16)14-7-6-11-4-2-8-17-11/h1-5,8-9,14H,6-7H2. The van der Waals surface area contributed by atoms with Gasteiger partial charge < -0.3 is 4.42 Å². The largest absolute Gasteiger partial charge is 0.469 e. The first-order chi connectivity index (χ1) is 8.58. The molecule has 6 heteroatoms. The molecule has 0 atom stereocenters. The van der Waals surface area contributed by atoms with Crippen LogP contribution >= 0.6 is 15.9 Å². The summed E-state index contributed by atoms with van der Waals surface area (Å²) in [6, 6.07) is 10.2. The summed E-state index contributed by atoms with van der Waals surface area (Å²) < 4.78 is 32.3. The van der Waals surface area contributed by atoms with Crippen LogP contribution in [0.1, 0.15) is 5.76 Å². The third-order valence-electron chi connectivity index (χ3n) is 2.35. The van der Waals surface area contributed by atoms with Gasteiger partial charge in [0.2, 0.25) is 10.0 Å². The van der Waals surface area contributed by atoms with Crippen molar-refractivity contribution >= 4 is 26.0 Å². The summed E-state index contributed by atoms with van der Waals surface area (Å²) in [5.41, 5.74) is 0. The third kappa shape index (κ3) is 3.44. The summed E-state index contributed by atoms with van der Waals surface area (Å²) in [7, 11) is -3.46. The van der Waals surface area contributed by atoms with Crippen molar-refractivity contribution in [3.8, 4) is 0 Å². The van der Waals surface area contributed by atoms with Crippen LogP contribution in [-0.2, 0) is 16.4 Å². The maximum Gasteiger partial charge on any atom is 0.240 e. The van der Waals surface area contributed by atoms with Gasteiger partial charge in [-0.25, -0.2) is 13.1 Å². The summed E-state index contributed by atoms with van der Waals surface area (Å²) in [6.07, 6.45) is 2.10. The molecule has 4 nitrogen and oxygen atoms in total. The van der Waals surface area contributed by atoms with Crippen molar-refractivity contribution in [1.82, 2.24) is 4.72 Å². The van der Waals surface area contributed by atoms with Crippen LogP contribution in [0.3, 0.4) is 0 Å². The van der Waals surface area contributed by atoms with Crippen LogP contribution in [0.2, 0.25) is 0 Å². The second-order valence-electron chi connectivity index (χ2n) is 3.68. The molecular formula is C12H12BrNO3S. The highest BCUT2D eigenvalue weighted by atomic mass is 79.9. The number of hydrogen-bond acceptors (Lipinski definition) is 3. The normalized spacial score (nSPS) is 11.6. The predicted octanol–water partition coefficient (Wildman–Crippen LogP) is 2.56. The van der Waals surface area contributed by atoms with E-state index in [1.165, 1.54) is 0 Å². The molecular weight excluding hydrogens is 318 g/mol. The van der Waals surface area contributed by atoms with Crippen molar-refractivity contribution in [2.24, 2.45) is 0 Å². The van der Waals surface area contributed by atoms with Gasteiger partial charge >= 0.3 is 0 Å². The molecule has 0 spiro atoms. The zero-order valence-electron chi connectivity index (χ0n) is 9.47. The molecule has 0 aliphatic heterocycles. The summed E-state index contributed by atoms with van der Waals surface area (Å²) in [4.78, 5) is 0.247. The third-order valence-corrected chi connectivity index (χ3v) is 4.30. The molecule has 1 N–H and O–H groups in total. The molecule has 1 aromatic heterocycles. The van der Waals surface area contributed by atoms with Gasteiger partial charge in [0.25, 0.3) is 0 Å². The quantitative estimate of drug-likeness (QED) is 0.917. The lowest BCUT2D eigenvalue weighted by Crippen LogP contribution is -2.25. The van der Waals surface area contributed by atoms with Crippen LogP contribution in [0.5, 0.6) is 0 Å². The van der Waals surface area contributed by atoms with Gasteiger partial charge in [0.1, 0.15) is 5.76 Å². The zero-order chi connectivity index (χ0) is 13.0. The maximum atomic E-state index is 12.0. The fourth-order valence-electron chi connectivity index (χ4n) is 1.48. The minimum atomic E-state index is -3.46. The molecule has 0 aliphatic carbocycles. The van der Waals surface area contributed by atoms with Crippen LogP contribution < -0.4 is 4.72 Å². The van der Waals surface area contributed by atoms with E-state index in [1.807, 2.05) is 6.07 Å². The highest BCUT2D eigenvalue weighted by Crippen LogP contribution is 2.15. The Balaban J connectivity index is 1.99. The van der Waals surface area contributed by atoms with Crippen molar-refractivity contribution < 1.29 is 12.8 Å². The molecule has 2 rings (SSSR count). The Morgan fingerprint density at radius 2 is 2.06 bits per heavy atom. The molecule has 0 radical (unpaired) electrons. The minimum absolute atomic E-state index is 0.247. The number of sulfonamides is 1. The SMILES string of the molecule is O=S(=O)(NCCc1ccco1)c1cccc(Br)c1. The average molecular weight is 330 g/mol. The fourth-order valence-corrected chi connectivity index (χ4v) is 3.11. The van der Waals surface area contributed by atoms with Crippen LogP contribution in [0.25, 0.3) is 0 Å². The molecule has 1 aromatic carbocycles. The monoisotopic (exact) mass is 329 g/mol. The first kappa shape index (κ1) is 13.3. The number of nitrogens with one attached hydrogen (secondary N) is 1. The minimum Gasteiger partial charge on any atom is -0.469 e. The molecule has 1 heterocycles. The van der Waals surface area contributed by atoms with Crippen molar-refractivity contribution in [2.75, 3.05) is 6.54 Å². The summed E-state index contributed by atoms with van der Waals surface area (Å²) >= 11 is 3.25. The Bertz CT molecular complexity index is 608. The molecule has 96 valence electrons. The van der Waals surface area contributed by atoms with Crippen LogP contribution in [0.4, 0.5) is 0 Å². The number of benzene rings is 1. The first-order valence-electron chi connectivity index (χ1n) is 5.35. The zero-order valence-corrected chi connectivity index (χ0v) is 11.9. The Morgan fingerprint density at radius 3 is 2.72 bits per heavy atom. The molecule has 0 fully saturated rings. The average Bonchev–Trinajstić information content (AvgIpc) is 2.82. The Morgan fingerprint density at radius 1 is 1.22 bits per heavy atom. The van der Waals surface area contributed by atoms with Gasteiger partial charge in [-0.15, -0.1) is 0 Å². The Labute approximate surface area is 114 Å². The second kappa shape index (κ2) is 5.69. The molecule has 0 unspecified atom stereocenters. The molecule has 0 bridgehead atoms. The summed E-state index contributed by atoms with van der Waals surface area (Å²) in [6.45, 7) is 0.308. The molecule has 0 saturated carbocycles. The van der Waals surface area contributed by atoms with Crippen molar-refractivity contribution in [3.05, 3.63) is 52.9 Å². The van der Waals surface area contributed by atoms with E-state index in [-0.39, 0.29) is 4.90 Å². The Kier molecular flexibility index (Phi) is 4.21. The van der Waals surface area contributed by atoms with E-state index >= 15 is 0 Å². The highest BCUT2D eigenvalue weighted by molar-refractivity contribution is 9.10. The maximum absolute atomic E-state index is 12.0. The molecule has 18 heavy (non-hydrogen) atoms. The molecule has 0 amide bonds. The fraction of sp³-hybridized carbons (Fsp3) is 0.167. The van der Waals surface area contributed by atoms with Crippen molar-refractivity contribution in [3.63, 3.8) is 0 Å². The van der Waals surface area contributed by atoms with Gasteiger partial charge in [-0.3, -0.25) is 0 Å². The van der Waals surface area contributed by atoms with E-state index in [2.05, 4.69) is 20.7 Å². The lowest BCUT2D eigenvalue weighted by molar-refractivity contribution is 0.506. The topological polar surface area (TPSA) is 59.3 Å². The summed E-state index contributed by atoms with van der Waals surface area (Å²) in [5.74, 6) is 0.756. The van der Waals surface area contributed by atoms with Gasteiger partial charge in [-0.2, -0.15) is 0 Å². The van der Waals surface area contributed by atoms with E-state index in [4.69, 9.17) is 4.42 Å². The molecule has 0 saturated heterocycles. The predicted molar refractivity (Wildman–Crippen MR) is 71.7 cm³/mol. The van der Waals surface area contributed by atoms with E-state index in [9.17, 15) is 8.42 Å². The number of halogens is 1. The lowest BCUT2D eigenvalue weighted by atomic mass is 10.3.